The second-order valence-electron chi connectivity index (χ2n) is 11.0. The van der Waals surface area contributed by atoms with E-state index in [0.29, 0.717) is 35.4 Å². The summed E-state index contributed by atoms with van der Waals surface area (Å²) in [5.41, 5.74) is 10.6. The zero-order valence-corrected chi connectivity index (χ0v) is 23.1. The quantitative estimate of drug-likeness (QED) is 0.276. The molecule has 0 spiro atoms. The zero-order valence-electron chi connectivity index (χ0n) is 23.1. The van der Waals surface area contributed by atoms with Crippen LogP contribution in [0.5, 0.6) is 0 Å². The summed E-state index contributed by atoms with van der Waals surface area (Å²) < 4.78 is 5.40. The second kappa shape index (κ2) is 13.0. The van der Waals surface area contributed by atoms with Crippen LogP contribution < -0.4 is 21.7 Å². The number of amides is 2. The summed E-state index contributed by atoms with van der Waals surface area (Å²) in [6.45, 7) is 4.07. The maximum atomic E-state index is 12.5. The van der Waals surface area contributed by atoms with Crippen molar-refractivity contribution in [1.29, 1.82) is 0 Å². The predicted octanol–water partition coefficient (Wildman–Crippen LogP) is 4.73. The van der Waals surface area contributed by atoms with Crippen molar-refractivity contribution in [2.45, 2.75) is 44.4 Å². The van der Waals surface area contributed by atoms with Crippen LogP contribution in [0, 0.1) is 5.92 Å². The number of nitrogens with zero attached hydrogens (tertiary/aromatic N) is 1. The Morgan fingerprint density at radius 3 is 2.38 bits per heavy atom. The van der Waals surface area contributed by atoms with Crippen LogP contribution in [0.25, 0.3) is 0 Å². The molecule has 8 nitrogen and oxygen atoms in total. The van der Waals surface area contributed by atoms with Crippen LogP contribution in [-0.4, -0.2) is 49.6 Å². The van der Waals surface area contributed by atoms with E-state index in [1.807, 2.05) is 24.3 Å². The van der Waals surface area contributed by atoms with E-state index in [1.54, 1.807) is 36.4 Å². The van der Waals surface area contributed by atoms with Crippen molar-refractivity contribution in [3.63, 3.8) is 0 Å². The molecular formula is C32H39N5O3. The fourth-order valence-electron chi connectivity index (χ4n) is 5.19. The summed E-state index contributed by atoms with van der Waals surface area (Å²) >= 11 is 0. The maximum absolute atomic E-state index is 12.5. The SMILES string of the molecule is CN1CCC(CNC2CC2c2ccc(COC(=O)NCc3ccc(C(=O)Nc4ccccc4N)cc3)cc2)CC1. The first-order valence-corrected chi connectivity index (χ1v) is 14.1. The first-order valence-electron chi connectivity index (χ1n) is 14.1. The molecule has 3 aromatic rings. The van der Waals surface area contributed by atoms with Crippen molar-refractivity contribution in [3.05, 3.63) is 95.1 Å². The van der Waals surface area contributed by atoms with Crippen LogP contribution in [0.1, 0.15) is 52.2 Å². The van der Waals surface area contributed by atoms with Crippen molar-refractivity contribution < 1.29 is 14.3 Å². The minimum Gasteiger partial charge on any atom is -0.445 e. The maximum Gasteiger partial charge on any atom is 0.407 e. The number of rotatable bonds is 10. The Kier molecular flexibility index (Phi) is 8.98. The van der Waals surface area contributed by atoms with Crippen LogP contribution in [0.15, 0.2) is 72.8 Å². The number of nitrogens with two attached hydrogens (primary N) is 1. The molecule has 2 atom stereocenters. The molecule has 2 amide bonds. The number of hydrogen-bond donors (Lipinski definition) is 4. The van der Waals surface area contributed by atoms with Gasteiger partial charge in [0.15, 0.2) is 0 Å². The molecule has 1 aliphatic heterocycles. The standard InChI is InChI=1S/C32H39N5O3/c1-37-16-14-23(15-17-37)19-34-30-18-27(30)25-10-8-24(9-11-25)21-40-32(39)35-20-22-6-12-26(13-7-22)31(38)36-29-5-3-2-4-28(29)33/h2-13,23,27,30,34H,14-21,33H2,1H3,(H,35,39)(H,36,38). The van der Waals surface area contributed by atoms with Gasteiger partial charge in [-0.05, 0) is 92.8 Å². The normalized spacial score (nSPS) is 19.1. The number of nitrogen functional groups attached to an aromatic ring is 1. The smallest absolute Gasteiger partial charge is 0.407 e. The molecule has 210 valence electrons. The average molecular weight is 542 g/mol. The summed E-state index contributed by atoms with van der Waals surface area (Å²) in [6.07, 6.45) is 3.29. The molecule has 0 aromatic heterocycles. The summed E-state index contributed by atoms with van der Waals surface area (Å²) in [5, 5.41) is 9.34. The number of alkyl carbamates (subject to hydrolysis) is 1. The number of para-hydroxylation sites is 2. The van der Waals surface area contributed by atoms with Gasteiger partial charge >= 0.3 is 6.09 Å². The van der Waals surface area contributed by atoms with E-state index < -0.39 is 6.09 Å². The molecule has 2 aliphatic rings. The molecule has 0 radical (unpaired) electrons. The third-order valence-electron chi connectivity index (χ3n) is 7.94. The van der Waals surface area contributed by atoms with Crippen molar-refractivity contribution in [3.8, 4) is 0 Å². The van der Waals surface area contributed by atoms with Gasteiger partial charge in [-0.3, -0.25) is 4.79 Å². The van der Waals surface area contributed by atoms with E-state index >= 15 is 0 Å². The van der Waals surface area contributed by atoms with Gasteiger partial charge in [-0.2, -0.15) is 0 Å². The summed E-state index contributed by atoms with van der Waals surface area (Å²) in [5.74, 6) is 1.14. The minimum absolute atomic E-state index is 0.219. The van der Waals surface area contributed by atoms with Crippen LogP contribution >= 0.6 is 0 Å². The van der Waals surface area contributed by atoms with Crippen LogP contribution in [0.2, 0.25) is 0 Å². The summed E-state index contributed by atoms with van der Waals surface area (Å²) in [6, 6.07) is 23.1. The van der Waals surface area contributed by atoms with Crippen LogP contribution in [0.3, 0.4) is 0 Å². The number of carbonyl (C=O) groups is 2. The third-order valence-corrected chi connectivity index (χ3v) is 7.94. The third kappa shape index (κ3) is 7.61. The lowest BCUT2D eigenvalue weighted by atomic mass is 9.97. The molecule has 0 bridgehead atoms. The lowest BCUT2D eigenvalue weighted by Crippen LogP contribution is -2.35. The predicted molar refractivity (Wildman–Crippen MR) is 158 cm³/mol. The number of anilines is 2. The van der Waals surface area contributed by atoms with Gasteiger partial charge in [0.2, 0.25) is 0 Å². The summed E-state index contributed by atoms with van der Waals surface area (Å²) in [4.78, 5) is 27.1. The molecule has 1 saturated carbocycles. The van der Waals surface area contributed by atoms with E-state index in [2.05, 4.69) is 40.0 Å². The monoisotopic (exact) mass is 541 g/mol. The van der Waals surface area contributed by atoms with Gasteiger partial charge in [-0.1, -0.05) is 48.5 Å². The molecule has 5 N–H and O–H groups in total. The van der Waals surface area contributed by atoms with Gasteiger partial charge < -0.3 is 31.3 Å². The molecule has 2 unspecified atom stereocenters. The van der Waals surface area contributed by atoms with Crippen LogP contribution in [-0.2, 0) is 17.9 Å². The summed E-state index contributed by atoms with van der Waals surface area (Å²) in [7, 11) is 2.20. The van der Waals surface area contributed by atoms with Gasteiger partial charge in [0.1, 0.15) is 6.61 Å². The Bertz CT molecular complexity index is 1290. The van der Waals surface area contributed by atoms with Crippen LogP contribution in [0.4, 0.5) is 16.2 Å². The molecule has 1 heterocycles. The Balaban J connectivity index is 0.995. The number of hydrogen-bond acceptors (Lipinski definition) is 6. The molecule has 40 heavy (non-hydrogen) atoms. The molecule has 1 saturated heterocycles. The number of benzene rings is 3. The molecule has 3 aromatic carbocycles. The largest absolute Gasteiger partial charge is 0.445 e. The Hall–Kier alpha value is -3.88. The number of ether oxygens (including phenoxy) is 1. The van der Waals surface area contributed by atoms with Crippen molar-refractivity contribution >= 4 is 23.4 Å². The molecule has 1 aliphatic carbocycles. The molecule has 8 heteroatoms. The molecule has 5 rings (SSSR count). The first-order chi connectivity index (χ1) is 19.4. The van der Waals surface area contributed by atoms with Gasteiger partial charge in [-0.25, -0.2) is 4.79 Å². The number of nitrogens with one attached hydrogen (secondary N) is 3. The number of piperidine rings is 1. The lowest BCUT2D eigenvalue weighted by molar-refractivity contribution is 0.102. The van der Waals surface area contributed by atoms with Gasteiger partial charge in [0.25, 0.3) is 5.91 Å². The van der Waals surface area contributed by atoms with Crippen molar-refractivity contribution in [2.75, 3.05) is 37.7 Å². The number of carbonyl (C=O) groups excluding carboxylic acids is 2. The fourth-order valence-corrected chi connectivity index (χ4v) is 5.19. The molecule has 2 fully saturated rings. The molecular weight excluding hydrogens is 502 g/mol. The number of likely N-dealkylation sites (tertiary alicyclic amines) is 1. The van der Waals surface area contributed by atoms with Gasteiger partial charge in [0, 0.05) is 24.1 Å². The Morgan fingerprint density at radius 2 is 1.65 bits per heavy atom. The van der Waals surface area contributed by atoms with E-state index in [0.717, 1.165) is 23.6 Å². The Morgan fingerprint density at radius 1 is 0.950 bits per heavy atom. The Labute approximate surface area is 236 Å². The fraction of sp³-hybridized carbons (Fsp3) is 0.375. The topological polar surface area (TPSA) is 109 Å². The van der Waals surface area contributed by atoms with Gasteiger partial charge in [0.05, 0.1) is 11.4 Å². The highest BCUT2D eigenvalue weighted by Gasteiger charge is 2.38. The lowest BCUT2D eigenvalue weighted by Gasteiger charge is -2.29. The minimum atomic E-state index is -0.481. The van der Waals surface area contributed by atoms with E-state index in [9.17, 15) is 9.59 Å². The highest BCUT2D eigenvalue weighted by molar-refractivity contribution is 6.05. The van der Waals surface area contributed by atoms with Gasteiger partial charge in [-0.15, -0.1) is 0 Å². The zero-order chi connectivity index (χ0) is 27.9. The van der Waals surface area contributed by atoms with E-state index in [1.165, 1.54) is 37.9 Å². The van der Waals surface area contributed by atoms with Crippen molar-refractivity contribution in [1.82, 2.24) is 15.5 Å². The first kappa shape index (κ1) is 27.7. The highest BCUT2D eigenvalue weighted by Crippen LogP contribution is 2.41. The van der Waals surface area contributed by atoms with E-state index in [-0.39, 0.29) is 12.5 Å². The van der Waals surface area contributed by atoms with E-state index in [4.69, 9.17) is 10.5 Å². The second-order valence-corrected chi connectivity index (χ2v) is 11.0. The average Bonchev–Trinajstić information content (AvgIpc) is 3.76. The highest BCUT2D eigenvalue weighted by atomic mass is 16.5. The van der Waals surface area contributed by atoms with Crippen molar-refractivity contribution in [2.24, 2.45) is 5.92 Å².